The molecule has 0 aliphatic heterocycles. The van der Waals surface area contributed by atoms with Gasteiger partial charge < -0.3 is 5.32 Å². The molecule has 28 heavy (non-hydrogen) atoms. The van der Waals surface area contributed by atoms with E-state index in [-0.39, 0.29) is 10.7 Å². The fourth-order valence-corrected chi connectivity index (χ4v) is 3.05. The number of ketones is 1. The fourth-order valence-electron chi connectivity index (χ4n) is 2.60. The van der Waals surface area contributed by atoms with E-state index in [1.54, 1.807) is 30.3 Å². The van der Waals surface area contributed by atoms with Gasteiger partial charge in [0.25, 0.3) is 5.56 Å². The largest absolute Gasteiger partial charge is 0.323 e. The number of rotatable bonds is 5. The molecule has 0 aliphatic rings. The van der Waals surface area contributed by atoms with Gasteiger partial charge in [-0.2, -0.15) is 5.26 Å². The van der Waals surface area contributed by atoms with Crippen molar-refractivity contribution >= 4 is 51.6 Å². The second kappa shape index (κ2) is 8.21. The van der Waals surface area contributed by atoms with Gasteiger partial charge in [-0.25, -0.2) is 4.98 Å². The summed E-state index contributed by atoms with van der Waals surface area (Å²) in [7, 11) is 0. The molecule has 0 saturated heterocycles. The molecule has 9 heteroatoms. The number of carbonyl (C=O) groups is 2. The van der Waals surface area contributed by atoms with Gasteiger partial charge in [-0.3, -0.25) is 19.0 Å². The number of hydrogen-bond acceptors (Lipinski definition) is 5. The van der Waals surface area contributed by atoms with Gasteiger partial charge in [-0.15, -0.1) is 0 Å². The van der Waals surface area contributed by atoms with Gasteiger partial charge in [0.15, 0.2) is 11.7 Å². The van der Waals surface area contributed by atoms with E-state index in [0.29, 0.717) is 16.1 Å². The first-order chi connectivity index (χ1) is 13.4. The minimum Gasteiger partial charge on any atom is -0.323 e. The summed E-state index contributed by atoms with van der Waals surface area (Å²) < 4.78 is 1.18. The number of nitrogens with zero attached hydrogens (tertiary/aromatic N) is 3. The number of carbonyl (C=O) groups excluding carboxylic acids is 2. The van der Waals surface area contributed by atoms with Crippen LogP contribution < -0.4 is 10.9 Å². The number of amides is 1. The van der Waals surface area contributed by atoms with E-state index in [1.165, 1.54) is 22.8 Å². The number of aromatic nitrogens is 2. The summed E-state index contributed by atoms with van der Waals surface area (Å²) in [6.07, 6.45) is 1.09. The van der Waals surface area contributed by atoms with Gasteiger partial charge in [-0.1, -0.05) is 35.3 Å². The molecule has 1 heterocycles. The molecule has 0 radical (unpaired) electrons. The maximum atomic E-state index is 12.6. The second-order valence-electron chi connectivity index (χ2n) is 5.81. The van der Waals surface area contributed by atoms with Gasteiger partial charge in [0.05, 0.1) is 40.6 Å². The van der Waals surface area contributed by atoms with Crippen LogP contribution in [0.1, 0.15) is 0 Å². The maximum absolute atomic E-state index is 12.6. The van der Waals surface area contributed by atoms with E-state index in [4.69, 9.17) is 23.2 Å². The van der Waals surface area contributed by atoms with Crippen molar-refractivity contribution in [3.63, 3.8) is 0 Å². The summed E-state index contributed by atoms with van der Waals surface area (Å²) in [5, 5.41) is 12.3. The van der Waals surface area contributed by atoms with Gasteiger partial charge in [-0.05, 0) is 30.3 Å². The van der Waals surface area contributed by atoms with Crippen molar-refractivity contribution in [1.82, 2.24) is 9.55 Å². The van der Waals surface area contributed by atoms with Crippen LogP contribution in [0, 0.1) is 17.2 Å². The van der Waals surface area contributed by atoms with E-state index >= 15 is 0 Å². The molecule has 1 N–H and O–H groups in total. The Morgan fingerprint density at radius 2 is 1.96 bits per heavy atom. The molecule has 7 nitrogen and oxygen atoms in total. The molecule has 0 spiro atoms. The zero-order chi connectivity index (χ0) is 20.3. The quantitative estimate of drug-likeness (QED) is 0.645. The Morgan fingerprint density at radius 1 is 1.21 bits per heavy atom. The highest BCUT2D eigenvalue weighted by atomic mass is 35.5. The minimum atomic E-state index is -1.62. The number of benzene rings is 2. The van der Waals surface area contributed by atoms with E-state index in [1.807, 2.05) is 0 Å². The zero-order valence-corrected chi connectivity index (χ0v) is 15.7. The zero-order valence-electron chi connectivity index (χ0n) is 14.2. The molecule has 3 aromatic rings. The Bertz CT molecular complexity index is 1180. The predicted molar refractivity (Wildman–Crippen MR) is 105 cm³/mol. The van der Waals surface area contributed by atoms with Crippen LogP contribution in [0.4, 0.5) is 5.69 Å². The summed E-state index contributed by atoms with van der Waals surface area (Å²) >= 11 is 11.8. The standard InChI is InChI=1S/C19H12Cl2N4O3/c20-11-5-6-14(13(21)7-11)24-19(28)12(8-22)17(26)10-25-16-4-2-1-3-15(16)23-9-18(25)27/h1-7,9,12H,10H2,(H,24,28). The Balaban J connectivity index is 1.85. The van der Waals surface area contributed by atoms with Crippen molar-refractivity contribution in [2.75, 3.05) is 5.32 Å². The summed E-state index contributed by atoms with van der Waals surface area (Å²) in [6.45, 7) is -0.443. The maximum Gasteiger partial charge on any atom is 0.269 e. The number of nitriles is 1. The Morgan fingerprint density at radius 3 is 2.68 bits per heavy atom. The highest BCUT2D eigenvalue weighted by molar-refractivity contribution is 6.36. The Kier molecular flexibility index (Phi) is 5.73. The van der Waals surface area contributed by atoms with Crippen molar-refractivity contribution in [1.29, 1.82) is 5.26 Å². The lowest BCUT2D eigenvalue weighted by Crippen LogP contribution is -2.34. The van der Waals surface area contributed by atoms with Crippen LogP contribution in [0.5, 0.6) is 0 Å². The number of para-hydroxylation sites is 2. The first kappa shape index (κ1) is 19.5. The third-order valence-corrected chi connectivity index (χ3v) is 4.52. The number of fused-ring (bicyclic) bond motifs is 1. The SMILES string of the molecule is N#CC(C(=O)Cn1c(=O)cnc2ccccc21)C(=O)Nc1ccc(Cl)cc1Cl. The molecule has 2 aromatic carbocycles. The smallest absolute Gasteiger partial charge is 0.269 e. The minimum absolute atomic E-state index is 0.168. The summed E-state index contributed by atoms with van der Waals surface area (Å²) in [4.78, 5) is 41.2. The molecule has 0 aliphatic carbocycles. The second-order valence-corrected chi connectivity index (χ2v) is 6.66. The first-order valence-corrected chi connectivity index (χ1v) is 8.79. The van der Waals surface area contributed by atoms with E-state index in [0.717, 1.165) is 6.20 Å². The number of nitrogens with one attached hydrogen (secondary N) is 1. The third kappa shape index (κ3) is 4.03. The van der Waals surface area contributed by atoms with E-state index < -0.39 is 29.7 Å². The molecule has 0 fully saturated rings. The molecule has 1 atom stereocenters. The molecule has 1 amide bonds. The van der Waals surface area contributed by atoms with Gasteiger partial charge in [0.2, 0.25) is 5.91 Å². The molecule has 0 bridgehead atoms. The molecule has 1 unspecified atom stereocenters. The number of anilines is 1. The van der Waals surface area contributed by atoms with Crippen molar-refractivity contribution in [3.05, 3.63) is 69.1 Å². The van der Waals surface area contributed by atoms with Gasteiger partial charge in [0, 0.05) is 5.02 Å². The molecule has 0 saturated carbocycles. The highest BCUT2D eigenvalue weighted by Gasteiger charge is 2.27. The fraction of sp³-hybridized carbons (Fsp3) is 0.105. The number of Topliss-reactive ketones (excluding diaryl/α,β-unsaturated/α-hetero) is 1. The van der Waals surface area contributed by atoms with Crippen molar-refractivity contribution < 1.29 is 9.59 Å². The summed E-state index contributed by atoms with van der Waals surface area (Å²) in [6, 6.07) is 12.8. The van der Waals surface area contributed by atoms with Crippen LogP contribution in [0.3, 0.4) is 0 Å². The Hall–Kier alpha value is -3.21. The van der Waals surface area contributed by atoms with Crippen molar-refractivity contribution in [2.24, 2.45) is 5.92 Å². The van der Waals surface area contributed by atoms with Crippen LogP contribution in [0.15, 0.2) is 53.5 Å². The van der Waals surface area contributed by atoms with Gasteiger partial charge in [0.1, 0.15) is 0 Å². The average molecular weight is 415 g/mol. The molecular weight excluding hydrogens is 403 g/mol. The van der Waals surface area contributed by atoms with Crippen LogP contribution >= 0.6 is 23.2 Å². The third-order valence-electron chi connectivity index (χ3n) is 3.97. The number of halogens is 2. The van der Waals surface area contributed by atoms with Crippen LogP contribution in [-0.4, -0.2) is 21.2 Å². The molecule has 140 valence electrons. The van der Waals surface area contributed by atoms with Crippen LogP contribution in [0.2, 0.25) is 10.0 Å². The molecular formula is C19H12Cl2N4O3. The summed E-state index contributed by atoms with van der Waals surface area (Å²) in [5.41, 5.74) is 0.655. The summed E-state index contributed by atoms with van der Waals surface area (Å²) in [5.74, 6) is -3.20. The lowest BCUT2D eigenvalue weighted by atomic mass is 10.0. The lowest BCUT2D eigenvalue weighted by Gasteiger charge is -2.13. The highest BCUT2D eigenvalue weighted by Crippen LogP contribution is 2.25. The average Bonchev–Trinajstić information content (AvgIpc) is 2.67. The molecule has 1 aromatic heterocycles. The first-order valence-electron chi connectivity index (χ1n) is 8.03. The van der Waals surface area contributed by atoms with Crippen LogP contribution in [0.25, 0.3) is 11.0 Å². The van der Waals surface area contributed by atoms with Gasteiger partial charge >= 0.3 is 0 Å². The van der Waals surface area contributed by atoms with E-state index in [9.17, 15) is 19.6 Å². The monoisotopic (exact) mass is 414 g/mol. The van der Waals surface area contributed by atoms with Crippen molar-refractivity contribution in [3.8, 4) is 6.07 Å². The lowest BCUT2D eigenvalue weighted by molar-refractivity contribution is -0.129. The van der Waals surface area contributed by atoms with Crippen LogP contribution in [-0.2, 0) is 16.1 Å². The van der Waals surface area contributed by atoms with Crippen molar-refractivity contribution in [2.45, 2.75) is 6.54 Å². The van der Waals surface area contributed by atoms with E-state index in [2.05, 4.69) is 10.3 Å². The number of hydrogen-bond donors (Lipinski definition) is 1. The Labute approximate surface area is 169 Å². The topological polar surface area (TPSA) is 105 Å². The normalized spacial score (nSPS) is 11.6. The molecule has 3 rings (SSSR count). The predicted octanol–water partition coefficient (Wildman–Crippen LogP) is 3.05.